The van der Waals surface area contributed by atoms with Crippen LogP contribution < -0.4 is 4.74 Å². The molecule has 0 amide bonds. The molecule has 2 heteroatoms. The number of ether oxygens (including phenoxy) is 1. The molecule has 2 aromatic carbocycles. The molecule has 0 saturated heterocycles. The van der Waals surface area contributed by atoms with Gasteiger partial charge in [-0.05, 0) is 30.2 Å². The molecule has 2 aromatic rings. The Kier molecular flexibility index (Phi) is 2.36. The van der Waals surface area contributed by atoms with E-state index in [0.717, 1.165) is 28.9 Å². The molecule has 1 nitrogen and oxygen atoms in total. The molecule has 0 aromatic heterocycles. The molecule has 0 N–H and O–H groups in total. The van der Waals surface area contributed by atoms with Gasteiger partial charge in [-0.15, -0.1) is 0 Å². The van der Waals surface area contributed by atoms with Crippen LogP contribution in [0.25, 0.3) is 11.1 Å². The van der Waals surface area contributed by atoms with Crippen LogP contribution in [0.3, 0.4) is 0 Å². The minimum absolute atomic E-state index is 0.0419. The van der Waals surface area contributed by atoms with Gasteiger partial charge in [-0.3, -0.25) is 0 Å². The van der Waals surface area contributed by atoms with Crippen LogP contribution in [-0.4, -0.2) is 6.10 Å². The molecule has 0 saturated carbocycles. The van der Waals surface area contributed by atoms with Crippen LogP contribution in [0, 0.1) is 12.7 Å². The van der Waals surface area contributed by atoms with Crippen molar-refractivity contribution in [3.05, 3.63) is 60.8 Å². The Morgan fingerprint density at radius 1 is 1.18 bits per heavy atom. The first kappa shape index (κ1) is 10.3. The van der Waals surface area contributed by atoms with Crippen LogP contribution in [0.2, 0.25) is 0 Å². The second kappa shape index (κ2) is 3.88. The Balaban J connectivity index is 2.14. The van der Waals surface area contributed by atoms with Gasteiger partial charge in [-0.2, -0.15) is 0 Å². The van der Waals surface area contributed by atoms with Gasteiger partial charge in [0.15, 0.2) is 0 Å². The third-order valence-corrected chi connectivity index (χ3v) is 2.96. The molecular formula is C15H12FO. The number of rotatable bonds is 1. The van der Waals surface area contributed by atoms with Crippen molar-refractivity contribution in [2.75, 3.05) is 0 Å². The van der Waals surface area contributed by atoms with Gasteiger partial charge in [-0.25, -0.2) is 4.39 Å². The SMILES string of the molecule is [CH2]C1Cc2cccc(-c3cccc(F)c3)c2O1. The molecule has 1 aliphatic heterocycles. The fraction of sp³-hybridized carbons (Fsp3) is 0.133. The van der Waals surface area contributed by atoms with Crippen molar-refractivity contribution in [3.63, 3.8) is 0 Å². The second-order valence-electron chi connectivity index (χ2n) is 4.25. The van der Waals surface area contributed by atoms with Crippen LogP contribution in [0.4, 0.5) is 4.39 Å². The molecule has 0 aliphatic carbocycles. The number of hydrogen-bond acceptors (Lipinski definition) is 1. The Morgan fingerprint density at radius 3 is 2.82 bits per heavy atom. The molecule has 1 unspecified atom stereocenters. The van der Waals surface area contributed by atoms with Crippen molar-refractivity contribution >= 4 is 0 Å². The van der Waals surface area contributed by atoms with E-state index in [9.17, 15) is 4.39 Å². The zero-order valence-electron chi connectivity index (χ0n) is 9.32. The van der Waals surface area contributed by atoms with E-state index < -0.39 is 0 Å². The molecule has 3 rings (SSSR count). The number of fused-ring (bicyclic) bond motifs is 1. The summed E-state index contributed by atoms with van der Waals surface area (Å²) in [6.07, 6.45) is 0.776. The standard InChI is InChI=1S/C15H12FO/c1-10-8-12-5-3-7-14(15(12)17-10)11-4-2-6-13(16)9-11/h2-7,9-10H,1,8H2. The van der Waals surface area contributed by atoms with Gasteiger partial charge in [0.2, 0.25) is 0 Å². The van der Waals surface area contributed by atoms with Crippen molar-refractivity contribution in [3.8, 4) is 16.9 Å². The fourth-order valence-corrected chi connectivity index (χ4v) is 2.22. The maximum atomic E-state index is 13.2. The van der Waals surface area contributed by atoms with E-state index in [0.29, 0.717) is 0 Å². The van der Waals surface area contributed by atoms with Gasteiger partial charge in [-0.1, -0.05) is 30.3 Å². The lowest BCUT2D eigenvalue weighted by molar-refractivity contribution is 0.282. The first-order chi connectivity index (χ1) is 8.24. The predicted molar refractivity (Wildman–Crippen MR) is 65.3 cm³/mol. The number of para-hydroxylation sites is 1. The zero-order valence-corrected chi connectivity index (χ0v) is 9.32. The second-order valence-corrected chi connectivity index (χ2v) is 4.25. The van der Waals surface area contributed by atoms with Crippen LogP contribution in [0.5, 0.6) is 5.75 Å². The van der Waals surface area contributed by atoms with Gasteiger partial charge in [0, 0.05) is 12.0 Å². The molecule has 0 spiro atoms. The van der Waals surface area contributed by atoms with E-state index in [-0.39, 0.29) is 11.9 Å². The minimum Gasteiger partial charge on any atom is -0.489 e. The van der Waals surface area contributed by atoms with Crippen molar-refractivity contribution in [2.45, 2.75) is 12.5 Å². The average molecular weight is 227 g/mol. The van der Waals surface area contributed by atoms with E-state index in [1.807, 2.05) is 24.3 Å². The first-order valence-corrected chi connectivity index (χ1v) is 5.61. The lowest BCUT2D eigenvalue weighted by Gasteiger charge is -2.09. The van der Waals surface area contributed by atoms with Gasteiger partial charge in [0.1, 0.15) is 17.7 Å². The zero-order chi connectivity index (χ0) is 11.8. The Hall–Kier alpha value is -1.83. The number of hydrogen-bond donors (Lipinski definition) is 0. The highest BCUT2D eigenvalue weighted by atomic mass is 19.1. The summed E-state index contributed by atoms with van der Waals surface area (Å²) in [7, 11) is 0. The molecule has 1 atom stereocenters. The van der Waals surface area contributed by atoms with E-state index in [1.54, 1.807) is 6.07 Å². The summed E-state index contributed by atoms with van der Waals surface area (Å²) in [6, 6.07) is 12.5. The maximum Gasteiger partial charge on any atom is 0.130 e. The van der Waals surface area contributed by atoms with E-state index in [1.165, 1.54) is 12.1 Å². The van der Waals surface area contributed by atoms with Crippen LogP contribution in [0.1, 0.15) is 5.56 Å². The summed E-state index contributed by atoms with van der Waals surface area (Å²) >= 11 is 0. The minimum atomic E-state index is -0.232. The highest BCUT2D eigenvalue weighted by Crippen LogP contribution is 2.38. The third kappa shape index (κ3) is 1.80. The molecule has 85 valence electrons. The summed E-state index contributed by atoms with van der Waals surface area (Å²) in [5, 5.41) is 0. The van der Waals surface area contributed by atoms with Gasteiger partial charge in [0.05, 0.1) is 0 Å². The molecule has 0 fully saturated rings. The molecule has 1 aliphatic rings. The summed E-state index contributed by atoms with van der Waals surface area (Å²) in [6.45, 7) is 3.91. The maximum absolute atomic E-state index is 13.2. The summed E-state index contributed by atoms with van der Waals surface area (Å²) < 4.78 is 18.9. The smallest absolute Gasteiger partial charge is 0.130 e. The summed E-state index contributed by atoms with van der Waals surface area (Å²) in [5.41, 5.74) is 2.93. The summed E-state index contributed by atoms with van der Waals surface area (Å²) in [4.78, 5) is 0. The topological polar surface area (TPSA) is 9.23 Å². The quantitative estimate of drug-likeness (QED) is 0.722. The third-order valence-electron chi connectivity index (χ3n) is 2.96. The Bertz CT molecular complexity index is 563. The monoisotopic (exact) mass is 227 g/mol. The molecule has 0 bridgehead atoms. The lowest BCUT2D eigenvalue weighted by Crippen LogP contribution is -2.06. The van der Waals surface area contributed by atoms with Crippen molar-refractivity contribution in [1.29, 1.82) is 0 Å². The Morgan fingerprint density at radius 2 is 2.00 bits per heavy atom. The predicted octanol–water partition coefficient (Wildman–Crippen LogP) is 3.63. The Labute approximate surface area is 99.9 Å². The molecule has 1 heterocycles. The summed E-state index contributed by atoms with van der Waals surface area (Å²) in [5.74, 6) is 0.613. The van der Waals surface area contributed by atoms with Crippen molar-refractivity contribution < 1.29 is 9.13 Å². The van der Waals surface area contributed by atoms with Crippen LogP contribution in [0.15, 0.2) is 42.5 Å². The fourth-order valence-electron chi connectivity index (χ4n) is 2.22. The van der Waals surface area contributed by atoms with Crippen molar-refractivity contribution in [1.82, 2.24) is 0 Å². The van der Waals surface area contributed by atoms with E-state index >= 15 is 0 Å². The molecule has 1 radical (unpaired) electrons. The number of benzene rings is 2. The van der Waals surface area contributed by atoms with Gasteiger partial charge >= 0.3 is 0 Å². The molecule has 17 heavy (non-hydrogen) atoms. The lowest BCUT2D eigenvalue weighted by atomic mass is 10.0. The van der Waals surface area contributed by atoms with Gasteiger partial charge in [0.25, 0.3) is 0 Å². The first-order valence-electron chi connectivity index (χ1n) is 5.61. The number of halogens is 1. The van der Waals surface area contributed by atoms with Crippen molar-refractivity contribution in [2.24, 2.45) is 0 Å². The van der Waals surface area contributed by atoms with Crippen LogP contribution >= 0.6 is 0 Å². The van der Waals surface area contributed by atoms with E-state index in [2.05, 4.69) is 6.92 Å². The highest BCUT2D eigenvalue weighted by molar-refractivity contribution is 5.73. The van der Waals surface area contributed by atoms with Gasteiger partial charge < -0.3 is 4.74 Å². The normalized spacial score (nSPS) is 17.6. The largest absolute Gasteiger partial charge is 0.489 e. The highest BCUT2D eigenvalue weighted by Gasteiger charge is 2.22. The van der Waals surface area contributed by atoms with E-state index in [4.69, 9.17) is 4.74 Å². The van der Waals surface area contributed by atoms with Crippen LogP contribution in [-0.2, 0) is 6.42 Å². The average Bonchev–Trinajstić information content (AvgIpc) is 2.68. The molecular weight excluding hydrogens is 215 g/mol.